The summed E-state index contributed by atoms with van der Waals surface area (Å²) in [5.74, 6) is 0.282. The van der Waals surface area contributed by atoms with Gasteiger partial charge in [-0.25, -0.2) is 0 Å². The van der Waals surface area contributed by atoms with Gasteiger partial charge >= 0.3 is 0 Å². The van der Waals surface area contributed by atoms with Crippen LogP contribution in [0.2, 0.25) is 0 Å². The lowest BCUT2D eigenvalue weighted by molar-refractivity contribution is 0.473. The standard InChI is InChI=1S/C15H14BrNO2/c1-9-5-13(15(19)6-10(9)2)17-8-11-7-12(16)3-4-14(11)18/h3-8,18-19H,1-2H3. The minimum absolute atomic E-state index is 0.133. The summed E-state index contributed by atoms with van der Waals surface area (Å²) in [5, 5.41) is 19.5. The van der Waals surface area contributed by atoms with Gasteiger partial charge in [-0.05, 0) is 55.3 Å². The Kier molecular flexibility index (Phi) is 3.90. The lowest BCUT2D eigenvalue weighted by atomic mass is 10.1. The van der Waals surface area contributed by atoms with Gasteiger partial charge in [0.25, 0.3) is 0 Å². The molecule has 0 bridgehead atoms. The first-order valence-electron chi connectivity index (χ1n) is 5.80. The highest BCUT2D eigenvalue weighted by Crippen LogP contribution is 2.30. The Balaban J connectivity index is 2.38. The number of phenols is 2. The number of aryl methyl sites for hydroxylation is 2. The molecule has 4 heteroatoms. The highest BCUT2D eigenvalue weighted by molar-refractivity contribution is 9.10. The summed E-state index contributed by atoms with van der Waals surface area (Å²) in [5.41, 5.74) is 3.15. The highest BCUT2D eigenvalue weighted by Gasteiger charge is 2.03. The molecule has 0 saturated carbocycles. The number of phenolic OH excluding ortho intramolecular Hbond substituents is 2. The first-order valence-corrected chi connectivity index (χ1v) is 6.59. The number of halogens is 1. The van der Waals surface area contributed by atoms with E-state index in [0.29, 0.717) is 11.3 Å². The zero-order valence-corrected chi connectivity index (χ0v) is 12.3. The summed E-state index contributed by atoms with van der Waals surface area (Å²) in [6.45, 7) is 3.90. The van der Waals surface area contributed by atoms with Crippen molar-refractivity contribution in [3.63, 3.8) is 0 Å². The van der Waals surface area contributed by atoms with Gasteiger partial charge in [0.2, 0.25) is 0 Å². The fourth-order valence-electron chi connectivity index (χ4n) is 1.66. The Hall–Kier alpha value is -1.81. The summed E-state index contributed by atoms with van der Waals surface area (Å²) in [6, 6.07) is 8.60. The molecule has 0 saturated heterocycles. The first-order chi connectivity index (χ1) is 8.97. The van der Waals surface area contributed by atoms with Crippen molar-refractivity contribution >= 4 is 27.8 Å². The maximum absolute atomic E-state index is 9.83. The van der Waals surface area contributed by atoms with Crippen molar-refractivity contribution in [2.75, 3.05) is 0 Å². The number of benzene rings is 2. The maximum Gasteiger partial charge on any atom is 0.141 e. The summed E-state index contributed by atoms with van der Waals surface area (Å²) in [6.07, 6.45) is 1.53. The molecule has 2 aromatic rings. The van der Waals surface area contributed by atoms with E-state index in [4.69, 9.17) is 0 Å². The van der Waals surface area contributed by atoms with E-state index in [1.54, 1.807) is 24.3 Å². The van der Waals surface area contributed by atoms with Crippen LogP contribution in [0.1, 0.15) is 16.7 Å². The van der Waals surface area contributed by atoms with Gasteiger partial charge in [0, 0.05) is 16.3 Å². The third kappa shape index (κ3) is 3.15. The van der Waals surface area contributed by atoms with Gasteiger partial charge in [-0.3, -0.25) is 4.99 Å². The molecule has 2 rings (SSSR count). The fraction of sp³-hybridized carbons (Fsp3) is 0.133. The van der Waals surface area contributed by atoms with Crippen LogP contribution in [-0.4, -0.2) is 16.4 Å². The second-order valence-corrected chi connectivity index (χ2v) is 5.30. The second kappa shape index (κ2) is 5.45. The first kappa shape index (κ1) is 13.6. The molecule has 2 aromatic carbocycles. The second-order valence-electron chi connectivity index (χ2n) is 4.39. The summed E-state index contributed by atoms with van der Waals surface area (Å²) in [4.78, 5) is 4.22. The van der Waals surface area contributed by atoms with E-state index in [0.717, 1.165) is 15.6 Å². The van der Waals surface area contributed by atoms with Crippen molar-refractivity contribution in [2.45, 2.75) is 13.8 Å². The van der Waals surface area contributed by atoms with Gasteiger partial charge in [0.15, 0.2) is 0 Å². The lowest BCUT2D eigenvalue weighted by Gasteiger charge is -2.04. The molecule has 0 heterocycles. The molecule has 3 nitrogen and oxygen atoms in total. The van der Waals surface area contributed by atoms with Crippen molar-refractivity contribution in [1.29, 1.82) is 0 Å². The zero-order valence-electron chi connectivity index (χ0n) is 10.7. The molecule has 0 unspecified atom stereocenters. The van der Waals surface area contributed by atoms with Crippen LogP contribution >= 0.6 is 15.9 Å². The Morgan fingerprint density at radius 2 is 1.68 bits per heavy atom. The molecule has 0 spiro atoms. The number of hydrogen-bond acceptors (Lipinski definition) is 3. The van der Waals surface area contributed by atoms with Gasteiger partial charge in [-0.2, -0.15) is 0 Å². The van der Waals surface area contributed by atoms with Crippen LogP contribution in [0, 0.1) is 13.8 Å². The third-order valence-corrected chi connectivity index (χ3v) is 3.42. The predicted molar refractivity (Wildman–Crippen MR) is 80.6 cm³/mol. The largest absolute Gasteiger partial charge is 0.507 e. The van der Waals surface area contributed by atoms with Crippen molar-refractivity contribution in [1.82, 2.24) is 0 Å². The molecule has 0 aromatic heterocycles. The van der Waals surface area contributed by atoms with E-state index in [2.05, 4.69) is 20.9 Å². The molecule has 0 radical (unpaired) electrons. The van der Waals surface area contributed by atoms with Gasteiger partial charge in [-0.15, -0.1) is 0 Å². The van der Waals surface area contributed by atoms with Crippen molar-refractivity contribution in [3.05, 3.63) is 51.5 Å². The van der Waals surface area contributed by atoms with Crippen LogP contribution in [0.15, 0.2) is 39.8 Å². The van der Waals surface area contributed by atoms with Gasteiger partial charge in [0.1, 0.15) is 17.2 Å². The minimum atomic E-state index is 0.133. The van der Waals surface area contributed by atoms with Gasteiger partial charge < -0.3 is 10.2 Å². The highest BCUT2D eigenvalue weighted by atomic mass is 79.9. The predicted octanol–water partition coefficient (Wildman–Crippen LogP) is 4.23. The van der Waals surface area contributed by atoms with Crippen molar-refractivity contribution < 1.29 is 10.2 Å². The van der Waals surface area contributed by atoms with E-state index in [9.17, 15) is 10.2 Å². The molecule has 0 aliphatic rings. The molecule has 0 amide bonds. The maximum atomic E-state index is 9.83. The van der Waals surface area contributed by atoms with E-state index < -0.39 is 0 Å². The van der Waals surface area contributed by atoms with Gasteiger partial charge in [-0.1, -0.05) is 15.9 Å². The normalized spacial score (nSPS) is 11.1. The van der Waals surface area contributed by atoms with Crippen molar-refractivity contribution in [2.24, 2.45) is 4.99 Å². The zero-order chi connectivity index (χ0) is 14.0. The monoisotopic (exact) mass is 319 g/mol. The average Bonchev–Trinajstić information content (AvgIpc) is 2.36. The number of aromatic hydroxyl groups is 2. The van der Waals surface area contributed by atoms with Gasteiger partial charge in [0.05, 0.1) is 0 Å². The Labute approximate surface area is 120 Å². The van der Waals surface area contributed by atoms with Crippen LogP contribution in [0.25, 0.3) is 0 Å². The summed E-state index contributed by atoms with van der Waals surface area (Å²) >= 11 is 3.34. The molecule has 98 valence electrons. The molecule has 0 atom stereocenters. The lowest BCUT2D eigenvalue weighted by Crippen LogP contribution is -1.84. The van der Waals surface area contributed by atoms with Crippen LogP contribution in [0.5, 0.6) is 11.5 Å². The molecule has 0 fully saturated rings. The number of rotatable bonds is 2. The van der Waals surface area contributed by atoms with Crippen LogP contribution in [0.3, 0.4) is 0 Å². The Morgan fingerprint density at radius 3 is 2.42 bits per heavy atom. The molecule has 0 aliphatic heterocycles. The number of aliphatic imine (C=N–C) groups is 1. The Bertz CT molecular complexity index is 651. The fourth-order valence-corrected chi connectivity index (χ4v) is 2.04. The summed E-state index contributed by atoms with van der Waals surface area (Å²) < 4.78 is 0.857. The topological polar surface area (TPSA) is 52.8 Å². The number of nitrogens with zero attached hydrogens (tertiary/aromatic N) is 1. The molecule has 2 N–H and O–H groups in total. The van der Waals surface area contributed by atoms with E-state index in [1.165, 1.54) is 6.21 Å². The minimum Gasteiger partial charge on any atom is -0.507 e. The Morgan fingerprint density at radius 1 is 1.00 bits per heavy atom. The van der Waals surface area contributed by atoms with E-state index in [-0.39, 0.29) is 11.5 Å². The SMILES string of the molecule is Cc1cc(O)c(N=Cc2cc(Br)ccc2O)cc1C. The molecule has 19 heavy (non-hydrogen) atoms. The summed E-state index contributed by atoms with van der Waals surface area (Å²) in [7, 11) is 0. The quantitative estimate of drug-likeness (QED) is 0.814. The molecule has 0 aliphatic carbocycles. The smallest absolute Gasteiger partial charge is 0.141 e. The van der Waals surface area contributed by atoms with Crippen LogP contribution in [0.4, 0.5) is 5.69 Å². The average molecular weight is 320 g/mol. The van der Waals surface area contributed by atoms with Crippen molar-refractivity contribution in [3.8, 4) is 11.5 Å². The van der Waals surface area contributed by atoms with Crippen LogP contribution < -0.4 is 0 Å². The number of hydrogen-bond donors (Lipinski definition) is 2. The molecular weight excluding hydrogens is 306 g/mol. The third-order valence-electron chi connectivity index (χ3n) is 2.92. The molecular formula is C15H14BrNO2. The van der Waals surface area contributed by atoms with Crippen LogP contribution in [-0.2, 0) is 0 Å². The van der Waals surface area contributed by atoms with E-state index in [1.807, 2.05) is 19.9 Å². The van der Waals surface area contributed by atoms with E-state index >= 15 is 0 Å².